The van der Waals surface area contributed by atoms with Crippen molar-refractivity contribution in [3.63, 3.8) is 0 Å². The third-order valence-electron chi connectivity index (χ3n) is 4.77. The van der Waals surface area contributed by atoms with E-state index in [0.29, 0.717) is 4.57 Å². The molecule has 0 bridgehead atoms. The zero-order valence-corrected chi connectivity index (χ0v) is 18.0. The predicted molar refractivity (Wildman–Crippen MR) is 120 cm³/mol. The summed E-state index contributed by atoms with van der Waals surface area (Å²) in [6, 6.07) is 8.86. The van der Waals surface area contributed by atoms with Gasteiger partial charge in [-0.05, 0) is 47.8 Å². The van der Waals surface area contributed by atoms with Crippen LogP contribution in [0.5, 0.6) is 0 Å². The SMILES string of the molecule is O=C(Cn1c(=O)c2sccc2n(CC(=O)Nc2cc(F)ccc2F)c1=O)Nc1ccc(F)cc1. The third kappa shape index (κ3) is 4.76. The number of hydrogen-bond acceptors (Lipinski definition) is 5. The maximum Gasteiger partial charge on any atom is 0.332 e. The van der Waals surface area contributed by atoms with Gasteiger partial charge in [0.15, 0.2) is 0 Å². The molecule has 0 aliphatic carbocycles. The number of nitrogens with one attached hydrogen (secondary N) is 2. The molecule has 0 saturated carbocycles. The number of fused-ring (bicyclic) bond motifs is 1. The number of nitrogens with zero attached hydrogens (tertiary/aromatic N) is 2. The van der Waals surface area contributed by atoms with Gasteiger partial charge in [-0.15, -0.1) is 11.3 Å². The second kappa shape index (κ2) is 9.35. The van der Waals surface area contributed by atoms with Crippen LogP contribution in [0, 0.1) is 17.5 Å². The fourth-order valence-electron chi connectivity index (χ4n) is 3.23. The van der Waals surface area contributed by atoms with Crippen LogP contribution >= 0.6 is 11.3 Å². The number of rotatable bonds is 6. The molecule has 0 fully saturated rings. The van der Waals surface area contributed by atoms with Crippen molar-refractivity contribution in [3.05, 3.63) is 92.2 Å². The minimum absolute atomic E-state index is 0.124. The molecule has 4 rings (SSSR count). The zero-order valence-electron chi connectivity index (χ0n) is 17.2. The Kier molecular flexibility index (Phi) is 6.32. The Morgan fingerprint density at radius 2 is 1.47 bits per heavy atom. The number of amides is 2. The molecule has 0 unspecified atom stereocenters. The Hall–Kier alpha value is -4.19. The van der Waals surface area contributed by atoms with Crippen LogP contribution < -0.4 is 21.9 Å². The van der Waals surface area contributed by atoms with Crippen LogP contribution in [0.15, 0.2) is 63.5 Å². The highest BCUT2D eigenvalue weighted by atomic mass is 32.1. The van der Waals surface area contributed by atoms with E-state index >= 15 is 0 Å². The lowest BCUT2D eigenvalue weighted by atomic mass is 10.3. The summed E-state index contributed by atoms with van der Waals surface area (Å²) in [5, 5.41) is 6.18. The standard InChI is InChI=1S/C22H15F3N4O4S/c23-12-1-4-14(5-2-12)26-18(30)11-29-21(32)20-17(7-8-34-20)28(22(29)33)10-19(31)27-16-9-13(24)3-6-15(16)25/h1-9H,10-11H2,(H,26,30)(H,27,31). The minimum Gasteiger partial charge on any atom is -0.325 e. The van der Waals surface area contributed by atoms with Crippen molar-refractivity contribution in [2.75, 3.05) is 10.6 Å². The van der Waals surface area contributed by atoms with Gasteiger partial charge in [0, 0.05) is 11.8 Å². The summed E-state index contributed by atoms with van der Waals surface area (Å²) in [6.07, 6.45) is 0. The summed E-state index contributed by atoms with van der Waals surface area (Å²) < 4.78 is 42.0. The van der Waals surface area contributed by atoms with E-state index in [9.17, 15) is 32.3 Å². The number of carbonyl (C=O) groups is 2. The predicted octanol–water partition coefficient (Wildman–Crippen LogP) is 2.92. The summed E-state index contributed by atoms with van der Waals surface area (Å²) in [6.45, 7) is -1.29. The highest BCUT2D eigenvalue weighted by Crippen LogP contribution is 2.17. The van der Waals surface area contributed by atoms with Gasteiger partial charge in [0.05, 0.1) is 11.2 Å². The van der Waals surface area contributed by atoms with Gasteiger partial charge in [0.1, 0.15) is 35.2 Å². The second-order valence-electron chi connectivity index (χ2n) is 7.12. The molecule has 174 valence electrons. The Labute approximate surface area is 192 Å². The largest absolute Gasteiger partial charge is 0.332 e. The molecule has 0 aliphatic rings. The van der Waals surface area contributed by atoms with E-state index in [2.05, 4.69) is 10.6 Å². The molecular weight excluding hydrogens is 473 g/mol. The van der Waals surface area contributed by atoms with E-state index in [1.165, 1.54) is 23.6 Å². The molecule has 2 aromatic heterocycles. The van der Waals surface area contributed by atoms with Crippen molar-refractivity contribution in [2.45, 2.75) is 13.1 Å². The van der Waals surface area contributed by atoms with Gasteiger partial charge in [-0.1, -0.05) is 0 Å². The summed E-state index contributed by atoms with van der Waals surface area (Å²) in [7, 11) is 0. The molecule has 0 radical (unpaired) electrons. The van der Waals surface area contributed by atoms with Crippen molar-refractivity contribution in [1.29, 1.82) is 0 Å². The number of carbonyl (C=O) groups excluding carboxylic acids is 2. The van der Waals surface area contributed by atoms with Crippen molar-refractivity contribution in [1.82, 2.24) is 9.13 Å². The molecule has 0 spiro atoms. The summed E-state index contributed by atoms with van der Waals surface area (Å²) >= 11 is 1.01. The van der Waals surface area contributed by atoms with Gasteiger partial charge in [-0.3, -0.25) is 19.0 Å². The molecule has 2 N–H and O–H groups in total. The number of thiophene rings is 1. The van der Waals surface area contributed by atoms with E-state index < -0.39 is 59.3 Å². The lowest BCUT2D eigenvalue weighted by molar-refractivity contribution is -0.117. The smallest absolute Gasteiger partial charge is 0.325 e. The van der Waals surface area contributed by atoms with Crippen LogP contribution in [0.3, 0.4) is 0 Å². The number of aromatic nitrogens is 2. The molecule has 34 heavy (non-hydrogen) atoms. The average Bonchev–Trinajstić information content (AvgIpc) is 3.28. The quantitative estimate of drug-likeness (QED) is 0.436. The zero-order chi connectivity index (χ0) is 24.4. The summed E-state index contributed by atoms with van der Waals surface area (Å²) in [5.41, 5.74) is -1.66. The first-order chi connectivity index (χ1) is 16.2. The fraction of sp³-hybridized carbons (Fsp3) is 0.0909. The van der Waals surface area contributed by atoms with E-state index in [4.69, 9.17) is 0 Å². The Balaban J connectivity index is 1.63. The minimum atomic E-state index is -0.944. The maximum absolute atomic E-state index is 13.9. The van der Waals surface area contributed by atoms with E-state index in [1.54, 1.807) is 0 Å². The van der Waals surface area contributed by atoms with E-state index in [1.807, 2.05) is 0 Å². The van der Waals surface area contributed by atoms with Crippen molar-refractivity contribution in [2.24, 2.45) is 0 Å². The molecule has 12 heteroatoms. The molecule has 2 aromatic carbocycles. The van der Waals surface area contributed by atoms with Gasteiger partial charge in [-0.2, -0.15) is 0 Å². The van der Waals surface area contributed by atoms with Gasteiger partial charge >= 0.3 is 5.69 Å². The number of anilines is 2. The Morgan fingerprint density at radius 1 is 0.824 bits per heavy atom. The molecule has 0 aliphatic heterocycles. The van der Waals surface area contributed by atoms with E-state index in [0.717, 1.165) is 46.2 Å². The van der Waals surface area contributed by atoms with E-state index in [-0.39, 0.29) is 15.9 Å². The summed E-state index contributed by atoms with van der Waals surface area (Å²) in [5.74, 6) is -3.71. The lowest BCUT2D eigenvalue weighted by Gasteiger charge is -2.13. The monoisotopic (exact) mass is 488 g/mol. The molecule has 2 heterocycles. The average molecular weight is 488 g/mol. The molecule has 2 amide bonds. The Morgan fingerprint density at radius 3 is 2.21 bits per heavy atom. The van der Waals surface area contributed by atoms with Gasteiger partial charge in [0.25, 0.3) is 5.56 Å². The van der Waals surface area contributed by atoms with Crippen LogP contribution in [0.25, 0.3) is 10.2 Å². The molecule has 8 nitrogen and oxygen atoms in total. The van der Waals surface area contributed by atoms with Gasteiger partial charge in [-0.25, -0.2) is 22.5 Å². The fourth-order valence-corrected chi connectivity index (χ4v) is 4.07. The van der Waals surface area contributed by atoms with Crippen LogP contribution in [0.2, 0.25) is 0 Å². The molecule has 0 saturated heterocycles. The number of hydrogen-bond donors (Lipinski definition) is 2. The van der Waals surface area contributed by atoms with Crippen molar-refractivity contribution in [3.8, 4) is 0 Å². The van der Waals surface area contributed by atoms with Gasteiger partial charge in [0.2, 0.25) is 11.8 Å². The lowest BCUT2D eigenvalue weighted by Crippen LogP contribution is -2.43. The van der Waals surface area contributed by atoms with Crippen LogP contribution in [0.4, 0.5) is 24.5 Å². The molecule has 0 atom stereocenters. The highest BCUT2D eigenvalue weighted by Gasteiger charge is 2.19. The number of halogens is 3. The number of benzene rings is 2. The molecular formula is C22H15F3N4O4S. The van der Waals surface area contributed by atoms with Crippen molar-refractivity contribution >= 4 is 44.7 Å². The van der Waals surface area contributed by atoms with Crippen molar-refractivity contribution < 1.29 is 22.8 Å². The maximum atomic E-state index is 13.9. The molecule has 4 aromatic rings. The highest BCUT2D eigenvalue weighted by molar-refractivity contribution is 7.17. The second-order valence-corrected chi connectivity index (χ2v) is 8.04. The normalized spacial score (nSPS) is 10.9. The van der Waals surface area contributed by atoms with Crippen LogP contribution in [-0.2, 0) is 22.7 Å². The topological polar surface area (TPSA) is 102 Å². The van der Waals surface area contributed by atoms with Gasteiger partial charge < -0.3 is 10.6 Å². The van der Waals surface area contributed by atoms with Crippen LogP contribution in [0.1, 0.15) is 0 Å². The Bertz CT molecular complexity index is 1530. The first kappa shape index (κ1) is 23.0. The summed E-state index contributed by atoms with van der Waals surface area (Å²) in [4.78, 5) is 50.7. The first-order valence-corrected chi connectivity index (χ1v) is 10.6. The first-order valence-electron chi connectivity index (χ1n) is 9.74. The third-order valence-corrected chi connectivity index (χ3v) is 5.66. The van der Waals surface area contributed by atoms with Crippen LogP contribution in [-0.4, -0.2) is 20.9 Å².